The standard InChI is InChI=1S/C21H27FN2O3/c1-24(2)13-15-26-18-11-9-17(10-12-18)16-23-21(25)8-5-14-27-20-7-4-3-6-19(20)22/h3-4,6-7,9-12H,5,8,13-16H2,1-2H3,(H,23,25). The number of likely N-dealkylation sites (N-methyl/N-ethyl adjacent to an activating group) is 1. The number of amides is 1. The van der Waals surface area contributed by atoms with Crippen LogP contribution in [0.4, 0.5) is 4.39 Å². The van der Waals surface area contributed by atoms with Crippen LogP contribution in [0.15, 0.2) is 48.5 Å². The molecule has 0 saturated heterocycles. The number of hydrogen-bond acceptors (Lipinski definition) is 4. The summed E-state index contributed by atoms with van der Waals surface area (Å²) in [5, 5.41) is 2.87. The van der Waals surface area contributed by atoms with E-state index in [0.717, 1.165) is 17.9 Å². The number of rotatable bonds is 11. The molecule has 1 amide bonds. The summed E-state index contributed by atoms with van der Waals surface area (Å²) in [5.41, 5.74) is 1.01. The molecule has 2 aromatic carbocycles. The van der Waals surface area contributed by atoms with Gasteiger partial charge >= 0.3 is 0 Å². The predicted molar refractivity (Wildman–Crippen MR) is 103 cm³/mol. The minimum atomic E-state index is -0.393. The normalized spacial score (nSPS) is 10.7. The van der Waals surface area contributed by atoms with Gasteiger partial charge in [0.15, 0.2) is 11.6 Å². The second kappa shape index (κ2) is 11.2. The van der Waals surface area contributed by atoms with Gasteiger partial charge in [-0.2, -0.15) is 0 Å². The first-order valence-corrected chi connectivity index (χ1v) is 9.05. The third-order valence-electron chi connectivity index (χ3n) is 3.86. The molecule has 0 aliphatic rings. The fourth-order valence-corrected chi connectivity index (χ4v) is 2.32. The lowest BCUT2D eigenvalue weighted by molar-refractivity contribution is -0.121. The van der Waals surface area contributed by atoms with Crippen LogP contribution >= 0.6 is 0 Å². The largest absolute Gasteiger partial charge is 0.492 e. The third-order valence-corrected chi connectivity index (χ3v) is 3.86. The van der Waals surface area contributed by atoms with Gasteiger partial charge in [-0.15, -0.1) is 0 Å². The predicted octanol–water partition coefficient (Wildman–Crippen LogP) is 3.24. The molecule has 0 saturated carbocycles. The van der Waals surface area contributed by atoms with Crippen LogP contribution in [0.2, 0.25) is 0 Å². The highest BCUT2D eigenvalue weighted by atomic mass is 19.1. The van der Waals surface area contributed by atoms with Gasteiger partial charge in [-0.25, -0.2) is 4.39 Å². The zero-order chi connectivity index (χ0) is 19.5. The number of hydrogen-bond donors (Lipinski definition) is 1. The second-order valence-electron chi connectivity index (χ2n) is 6.45. The molecule has 0 atom stereocenters. The van der Waals surface area contributed by atoms with Gasteiger partial charge in [0.05, 0.1) is 6.61 Å². The first-order valence-electron chi connectivity index (χ1n) is 9.05. The molecule has 0 aliphatic heterocycles. The van der Waals surface area contributed by atoms with E-state index in [1.54, 1.807) is 18.2 Å². The van der Waals surface area contributed by atoms with Gasteiger partial charge < -0.3 is 19.7 Å². The van der Waals surface area contributed by atoms with Crippen molar-refractivity contribution < 1.29 is 18.7 Å². The number of nitrogens with one attached hydrogen (secondary N) is 1. The lowest BCUT2D eigenvalue weighted by Crippen LogP contribution is -2.23. The van der Waals surface area contributed by atoms with E-state index >= 15 is 0 Å². The van der Waals surface area contributed by atoms with Crippen molar-refractivity contribution in [1.29, 1.82) is 0 Å². The molecule has 0 aliphatic carbocycles. The highest BCUT2D eigenvalue weighted by molar-refractivity contribution is 5.75. The maximum absolute atomic E-state index is 13.4. The number of halogens is 1. The Morgan fingerprint density at radius 1 is 1.04 bits per heavy atom. The molecule has 0 heterocycles. The van der Waals surface area contributed by atoms with Crippen molar-refractivity contribution >= 4 is 5.91 Å². The van der Waals surface area contributed by atoms with Gasteiger partial charge in [-0.3, -0.25) is 4.79 Å². The highest BCUT2D eigenvalue weighted by Crippen LogP contribution is 2.15. The smallest absolute Gasteiger partial charge is 0.220 e. The summed E-state index contributed by atoms with van der Waals surface area (Å²) in [6, 6.07) is 13.9. The highest BCUT2D eigenvalue weighted by Gasteiger charge is 2.04. The minimum absolute atomic E-state index is 0.0570. The van der Waals surface area contributed by atoms with Crippen molar-refractivity contribution in [3.05, 3.63) is 59.9 Å². The summed E-state index contributed by atoms with van der Waals surface area (Å²) in [5.74, 6) is 0.581. The lowest BCUT2D eigenvalue weighted by atomic mass is 10.2. The molecular formula is C21H27FN2O3. The Hall–Kier alpha value is -2.60. The molecule has 0 bridgehead atoms. The van der Waals surface area contributed by atoms with Gasteiger partial charge in [-0.05, 0) is 50.3 Å². The number of ether oxygens (including phenoxy) is 2. The van der Waals surface area contributed by atoms with Crippen LogP contribution in [0.3, 0.4) is 0 Å². The molecular weight excluding hydrogens is 347 g/mol. The Morgan fingerprint density at radius 2 is 1.78 bits per heavy atom. The Labute approximate surface area is 160 Å². The third kappa shape index (κ3) is 8.09. The average Bonchev–Trinajstić information content (AvgIpc) is 2.65. The molecule has 1 N–H and O–H groups in total. The number of carbonyl (C=O) groups is 1. The second-order valence-corrected chi connectivity index (χ2v) is 6.45. The van der Waals surface area contributed by atoms with Gasteiger partial charge in [-0.1, -0.05) is 24.3 Å². The summed E-state index contributed by atoms with van der Waals surface area (Å²) < 4.78 is 24.4. The Morgan fingerprint density at radius 3 is 2.48 bits per heavy atom. The van der Waals surface area contributed by atoms with Gasteiger partial charge in [0.25, 0.3) is 0 Å². The zero-order valence-corrected chi connectivity index (χ0v) is 15.9. The Bertz CT molecular complexity index is 705. The van der Waals surface area contributed by atoms with Crippen LogP contribution in [0.25, 0.3) is 0 Å². The molecule has 27 heavy (non-hydrogen) atoms. The molecule has 0 radical (unpaired) electrons. The fourth-order valence-electron chi connectivity index (χ4n) is 2.32. The maximum Gasteiger partial charge on any atom is 0.220 e. The summed E-state index contributed by atoms with van der Waals surface area (Å²) in [4.78, 5) is 14.0. The van der Waals surface area contributed by atoms with Crippen LogP contribution in [-0.4, -0.2) is 44.7 Å². The first-order chi connectivity index (χ1) is 13.0. The average molecular weight is 374 g/mol. The monoisotopic (exact) mass is 374 g/mol. The van der Waals surface area contributed by atoms with E-state index in [1.165, 1.54) is 6.07 Å². The SMILES string of the molecule is CN(C)CCOc1ccc(CNC(=O)CCCOc2ccccc2F)cc1. The fraction of sp³-hybridized carbons (Fsp3) is 0.381. The molecule has 5 nitrogen and oxygen atoms in total. The number of carbonyl (C=O) groups excluding carboxylic acids is 1. The van der Waals surface area contributed by atoms with Crippen LogP contribution < -0.4 is 14.8 Å². The van der Waals surface area contributed by atoms with E-state index in [9.17, 15) is 9.18 Å². The van der Waals surface area contributed by atoms with E-state index in [-0.39, 0.29) is 11.7 Å². The summed E-state index contributed by atoms with van der Waals surface area (Å²) in [6.45, 7) is 2.26. The van der Waals surface area contributed by atoms with Crippen LogP contribution in [0.5, 0.6) is 11.5 Å². The van der Waals surface area contributed by atoms with Crippen LogP contribution in [-0.2, 0) is 11.3 Å². The van der Waals surface area contributed by atoms with Crippen molar-refractivity contribution in [2.75, 3.05) is 33.9 Å². The van der Waals surface area contributed by atoms with Gasteiger partial charge in [0.1, 0.15) is 12.4 Å². The lowest BCUT2D eigenvalue weighted by Gasteiger charge is -2.11. The summed E-state index contributed by atoms with van der Waals surface area (Å²) in [6.07, 6.45) is 0.860. The molecule has 0 spiro atoms. The minimum Gasteiger partial charge on any atom is -0.492 e. The number of para-hydroxylation sites is 1. The number of nitrogens with zero attached hydrogens (tertiary/aromatic N) is 1. The van der Waals surface area contributed by atoms with E-state index in [2.05, 4.69) is 10.2 Å². The van der Waals surface area contributed by atoms with Crippen molar-refractivity contribution in [3.8, 4) is 11.5 Å². The van der Waals surface area contributed by atoms with E-state index in [4.69, 9.17) is 9.47 Å². The molecule has 0 fully saturated rings. The van der Waals surface area contributed by atoms with Gasteiger partial charge in [0, 0.05) is 19.5 Å². The molecule has 2 aromatic rings. The topological polar surface area (TPSA) is 50.8 Å². The van der Waals surface area contributed by atoms with E-state index < -0.39 is 5.82 Å². The van der Waals surface area contributed by atoms with Crippen LogP contribution in [0, 0.1) is 5.82 Å². The maximum atomic E-state index is 13.4. The Balaban J connectivity index is 1.61. The summed E-state index contributed by atoms with van der Waals surface area (Å²) >= 11 is 0. The van der Waals surface area contributed by atoms with Gasteiger partial charge in [0.2, 0.25) is 5.91 Å². The van der Waals surface area contributed by atoms with Crippen molar-refractivity contribution in [2.24, 2.45) is 0 Å². The Kier molecular flexibility index (Phi) is 8.58. The van der Waals surface area contributed by atoms with Crippen LogP contribution in [0.1, 0.15) is 18.4 Å². The molecule has 146 valence electrons. The molecule has 6 heteroatoms. The number of benzene rings is 2. The zero-order valence-electron chi connectivity index (χ0n) is 15.9. The molecule has 0 unspecified atom stereocenters. The van der Waals surface area contributed by atoms with Crippen molar-refractivity contribution in [3.63, 3.8) is 0 Å². The molecule has 2 rings (SSSR count). The first kappa shape index (κ1) is 20.7. The van der Waals surface area contributed by atoms with Crippen molar-refractivity contribution in [2.45, 2.75) is 19.4 Å². The van der Waals surface area contributed by atoms with E-state index in [1.807, 2.05) is 38.4 Å². The van der Waals surface area contributed by atoms with E-state index in [0.29, 0.717) is 32.6 Å². The molecule has 0 aromatic heterocycles. The quantitative estimate of drug-likeness (QED) is 0.614. The summed E-state index contributed by atoms with van der Waals surface area (Å²) in [7, 11) is 4.00. The van der Waals surface area contributed by atoms with Crippen molar-refractivity contribution in [1.82, 2.24) is 10.2 Å².